The molecule has 2 amide bonds. The summed E-state index contributed by atoms with van der Waals surface area (Å²) in [5.74, 6) is -0.486. The Bertz CT molecular complexity index is 1740. The summed E-state index contributed by atoms with van der Waals surface area (Å²) in [7, 11) is -4.24. The van der Waals surface area contributed by atoms with Crippen molar-refractivity contribution >= 4 is 27.5 Å². The fourth-order valence-electron chi connectivity index (χ4n) is 5.29. The Morgan fingerprint density at radius 2 is 1.47 bits per heavy atom. The smallest absolute Gasteiger partial charge is 0.264 e. The summed E-state index contributed by atoms with van der Waals surface area (Å²) in [6.07, 6.45) is 0.966. The molecule has 0 heterocycles. The number of rotatable bonds is 15. The van der Waals surface area contributed by atoms with Crippen LogP contribution in [0.3, 0.4) is 0 Å². The van der Waals surface area contributed by atoms with Crippen LogP contribution in [0.4, 0.5) is 5.69 Å². The average Bonchev–Trinajstić information content (AvgIpc) is 3.06. The third kappa shape index (κ3) is 9.23. The van der Waals surface area contributed by atoms with Crippen LogP contribution in [0.5, 0.6) is 5.75 Å². The molecule has 9 heteroatoms. The monoisotopic (exact) mass is 655 g/mol. The maximum Gasteiger partial charge on any atom is 0.264 e. The first-order valence-corrected chi connectivity index (χ1v) is 17.5. The van der Waals surface area contributed by atoms with Gasteiger partial charge in [-0.3, -0.25) is 13.9 Å². The standard InChI is InChI=1S/C38H45N3O5S/c1-6-30(5)39-38(43)35(25-31-15-9-8-10-16-31)40(26-32-17-13-14-29(4)24-32)37(42)27-41(34-18-11-12-19-36(34)46-7-2)47(44,45)33-22-20-28(3)21-23-33/h8-24,30,35H,6-7,25-27H2,1-5H3,(H,39,43)/t30-,35-/m0/s1. The molecule has 0 aliphatic carbocycles. The number of sulfonamides is 1. The molecule has 8 nitrogen and oxygen atoms in total. The highest BCUT2D eigenvalue weighted by molar-refractivity contribution is 7.92. The highest BCUT2D eigenvalue weighted by Crippen LogP contribution is 2.33. The van der Waals surface area contributed by atoms with Gasteiger partial charge in [0.05, 0.1) is 17.2 Å². The summed E-state index contributed by atoms with van der Waals surface area (Å²) in [4.78, 5) is 30.3. The van der Waals surface area contributed by atoms with Gasteiger partial charge in [0, 0.05) is 19.0 Å². The predicted molar refractivity (Wildman–Crippen MR) is 187 cm³/mol. The predicted octanol–water partition coefficient (Wildman–Crippen LogP) is 6.45. The molecule has 2 atom stereocenters. The van der Waals surface area contributed by atoms with Crippen LogP contribution in [0.1, 0.15) is 49.4 Å². The van der Waals surface area contributed by atoms with Crippen molar-refractivity contribution in [1.82, 2.24) is 10.2 Å². The first-order valence-electron chi connectivity index (χ1n) is 16.0. The number of carbonyl (C=O) groups excluding carboxylic acids is 2. The van der Waals surface area contributed by atoms with E-state index in [0.29, 0.717) is 18.8 Å². The van der Waals surface area contributed by atoms with Gasteiger partial charge in [-0.15, -0.1) is 0 Å². The number of benzene rings is 4. The fraction of sp³-hybridized carbons (Fsp3) is 0.316. The molecule has 0 unspecified atom stereocenters. The number of ether oxygens (including phenoxy) is 1. The number of carbonyl (C=O) groups is 2. The Balaban J connectivity index is 1.84. The topological polar surface area (TPSA) is 96.0 Å². The van der Waals surface area contributed by atoms with Crippen molar-refractivity contribution < 1.29 is 22.7 Å². The summed E-state index contributed by atoms with van der Waals surface area (Å²) in [5, 5.41) is 3.07. The van der Waals surface area contributed by atoms with E-state index >= 15 is 0 Å². The van der Waals surface area contributed by atoms with E-state index in [4.69, 9.17) is 4.74 Å². The van der Waals surface area contributed by atoms with Crippen molar-refractivity contribution in [2.45, 2.75) is 71.0 Å². The Kier molecular flexibility index (Phi) is 12.2. The van der Waals surface area contributed by atoms with Gasteiger partial charge < -0.3 is 15.0 Å². The van der Waals surface area contributed by atoms with E-state index in [1.165, 1.54) is 17.0 Å². The Morgan fingerprint density at radius 1 is 0.809 bits per heavy atom. The lowest BCUT2D eigenvalue weighted by Crippen LogP contribution is -2.54. The number of amides is 2. The van der Waals surface area contributed by atoms with Gasteiger partial charge in [-0.2, -0.15) is 0 Å². The number of nitrogens with one attached hydrogen (secondary N) is 1. The van der Waals surface area contributed by atoms with Gasteiger partial charge >= 0.3 is 0 Å². The van der Waals surface area contributed by atoms with Gasteiger partial charge in [-0.25, -0.2) is 8.42 Å². The molecular formula is C38H45N3O5S. The number of para-hydroxylation sites is 2. The molecule has 248 valence electrons. The highest BCUT2D eigenvalue weighted by atomic mass is 32.2. The summed E-state index contributed by atoms with van der Waals surface area (Å²) < 4.78 is 35.7. The summed E-state index contributed by atoms with van der Waals surface area (Å²) in [6, 6.07) is 29.6. The van der Waals surface area contributed by atoms with Crippen LogP contribution in [0, 0.1) is 13.8 Å². The van der Waals surface area contributed by atoms with E-state index in [0.717, 1.165) is 26.6 Å². The summed E-state index contributed by atoms with van der Waals surface area (Å²) >= 11 is 0. The second-order valence-electron chi connectivity index (χ2n) is 11.8. The van der Waals surface area contributed by atoms with Gasteiger partial charge in [-0.05, 0) is 69.5 Å². The van der Waals surface area contributed by atoms with E-state index in [-0.39, 0.29) is 35.5 Å². The van der Waals surface area contributed by atoms with Crippen molar-refractivity contribution in [2.75, 3.05) is 17.5 Å². The lowest BCUT2D eigenvalue weighted by Gasteiger charge is -2.34. The Morgan fingerprint density at radius 3 is 2.13 bits per heavy atom. The maximum absolute atomic E-state index is 14.7. The zero-order valence-corrected chi connectivity index (χ0v) is 28.7. The second-order valence-corrected chi connectivity index (χ2v) is 13.6. The third-order valence-electron chi connectivity index (χ3n) is 8.03. The van der Waals surface area contributed by atoms with E-state index in [1.54, 1.807) is 36.4 Å². The molecule has 47 heavy (non-hydrogen) atoms. The lowest BCUT2D eigenvalue weighted by molar-refractivity contribution is -0.140. The Labute approximate surface area is 279 Å². The third-order valence-corrected chi connectivity index (χ3v) is 9.80. The van der Waals surface area contributed by atoms with Gasteiger partial charge in [0.15, 0.2) is 0 Å². The van der Waals surface area contributed by atoms with E-state index in [1.807, 2.05) is 89.2 Å². The molecule has 1 N–H and O–H groups in total. The minimum atomic E-state index is -4.24. The zero-order valence-electron chi connectivity index (χ0n) is 27.8. The Hall–Kier alpha value is -4.63. The van der Waals surface area contributed by atoms with E-state index < -0.39 is 28.5 Å². The number of anilines is 1. The van der Waals surface area contributed by atoms with Crippen LogP contribution in [-0.4, -0.2) is 50.4 Å². The quantitative estimate of drug-likeness (QED) is 0.159. The van der Waals surface area contributed by atoms with Crippen molar-refractivity contribution in [2.24, 2.45) is 0 Å². The van der Waals surface area contributed by atoms with E-state index in [9.17, 15) is 18.0 Å². The fourth-order valence-corrected chi connectivity index (χ4v) is 6.72. The minimum absolute atomic E-state index is 0.0442. The van der Waals surface area contributed by atoms with Crippen molar-refractivity contribution in [3.8, 4) is 5.75 Å². The van der Waals surface area contributed by atoms with Gasteiger partial charge in [-0.1, -0.05) is 96.9 Å². The van der Waals surface area contributed by atoms with Gasteiger partial charge in [0.1, 0.15) is 18.3 Å². The summed E-state index contributed by atoms with van der Waals surface area (Å²) in [5.41, 5.74) is 3.86. The average molecular weight is 656 g/mol. The van der Waals surface area contributed by atoms with Gasteiger partial charge in [0.2, 0.25) is 11.8 Å². The molecule has 0 aliphatic heterocycles. The van der Waals surface area contributed by atoms with E-state index in [2.05, 4.69) is 5.32 Å². The molecule has 0 fully saturated rings. The molecule has 0 radical (unpaired) electrons. The molecule has 0 saturated heterocycles. The van der Waals surface area contributed by atoms with Crippen LogP contribution >= 0.6 is 0 Å². The first-order chi connectivity index (χ1) is 22.5. The number of hydrogen-bond donors (Lipinski definition) is 1. The SMILES string of the molecule is CCOc1ccccc1N(CC(=O)N(Cc1cccc(C)c1)[C@@H](Cc1ccccc1)C(=O)N[C@@H](C)CC)S(=O)(=O)c1ccc(C)cc1. The van der Waals surface area contributed by atoms with Gasteiger partial charge in [0.25, 0.3) is 10.0 Å². The van der Waals surface area contributed by atoms with Crippen LogP contribution in [0.25, 0.3) is 0 Å². The van der Waals surface area contributed by atoms with Crippen molar-refractivity contribution in [3.63, 3.8) is 0 Å². The van der Waals surface area contributed by atoms with Crippen LogP contribution in [0.15, 0.2) is 108 Å². The molecule has 0 spiro atoms. The zero-order chi connectivity index (χ0) is 34.0. The number of hydrogen-bond acceptors (Lipinski definition) is 5. The minimum Gasteiger partial charge on any atom is -0.492 e. The lowest BCUT2D eigenvalue weighted by atomic mass is 10.0. The second kappa shape index (κ2) is 16.3. The van der Waals surface area contributed by atoms with Crippen molar-refractivity contribution in [1.29, 1.82) is 0 Å². The molecular weight excluding hydrogens is 611 g/mol. The van der Waals surface area contributed by atoms with Crippen LogP contribution < -0.4 is 14.4 Å². The van der Waals surface area contributed by atoms with Crippen molar-refractivity contribution in [3.05, 3.63) is 125 Å². The number of aryl methyl sites for hydroxylation is 2. The normalized spacial score (nSPS) is 12.5. The molecule has 4 rings (SSSR count). The molecule has 4 aromatic carbocycles. The summed E-state index contributed by atoms with van der Waals surface area (Å²) in [6.45, 7) is 9.43. The molecule has 0 aromatic heterocycles. The largest absolute Gasteiger partial charge is 0.492 e. The maximum atomic E-state index is 14.7. The molecule has 0 aliphatic rings. The number of nitrogens with zero attached hydrogens (tertiary/aromatic N) is 2. The first kappa shape index (κ1) is 35.2. The molecule has 0 saturated carbocycles. The van der Waals surface area contributed by atoms with Crippen LogP contribution in [-0.2, 0) is 32.6 Å². The molecule has 0 bridgehead atoms. The highest BCUT2D eigenvalue weighted by Gasteiger charge is 2.35. The molecule has 4 aromatic rings. The van der Waals surface area contributed by atoms with Crippen LogP contribution in [0.2, 0.25) is 0 Å².